The van der Waals surface area contributed by atoms with Crippen molar-refractivity contribution >= 4 is 28.5 Å². The van der Waals surface area contributed by atoms with E-state index in [2.05, 4.69) is 22.0 Å². The Labute approximate surface area is 242 Å². The van der Waals surface area contributed by atoms with Crippen molar-refractivity contribution in [1.29, 1.82) is 0 Å². The minimum absolute atomic E-state index is 0.0505. The average Bonchev–Trinajstić information content (AvgIpc) is 3.44. The van der Waals surface area contributed by atoms with Crippen LogP contribution in [0.15, 0.2) is 66.7 Å². The van der Waals surface area contributed by atoms with Crippen LogP contribution in [0.5, 0.6) is 5.75 Å². The molecule has 0 spiro atoms. The van der Waals surface area contributed by atoms with Crippen molar-refractivity contribution in [3.63, 3.8) is 0 Å². The van der Waals surface area contributed by atoms with Gasteiger partial charge in [-0.1, -0.05) is 75.4 Å². The summed E-state index contributed by atoms with van der Waals surface area (Å²) in [6, 6.07) is 19.8. The number of phenolic OH excluding ortho intramolecular Hbond substituents is 1. The van der Waals surface area contributed by atoms with Gasteiger partial charge < -0.3 is 26.0 Å². The van der Waals surface area contributed by atoms with Crippen molar-refractivity contribution in [3.8, 4) is 5.75 Å². The van der Waals surface area contributed by atoms with Crippen LogP contribution in [0.25, 0.3) is 10.8 Å². The van der Waals surface area contributed by atoms with Crippen LogP contribution in [-0.4, -0.2) is 59.4 Å². The maximum absolute atomic E-state index is 13.5. The van der Waals surface area contributed by atoms with Crippen molar-refractivity contribution in [2.45, 2.75) is 65.1 Å². The van der Waals surface area contributed by atoms with Crippen LogP contribution in [0.2, 0.25) is 0 Å². The molecule has 0 aromatic heterocycles. The molecule has 1 fully saturated rings. The molecule has 1 unspecified atom stereocenters. The average molecular weight is 559 g/mol. The predicted octanol–water partition coefficient (Wildman–Crippen LogP) is 3.91. The number of nitrogens with one attached hydrogen (secondary N) is 3. The van der Waals surface area contributed by atoms with Crippen molar-refractivity contribution in [2.75, 3.05) is 19.6 Å². The Morgan fingerprint density at radius 3 is 2.39 bits per heavy atom. The number of aromatic hydroxyl groups is 1. The number of likely N-dealkylation sites (tertiary alicyclic amines) is 1. The number of benzene rings is 3. The molecule has 2 atom stereocenters. The van der Waals surface area contributed by atoms with E-state index in [9.17, 15) is 19.5 Å². The highest BCUT2D eigenvalue weighted by Gasteiger charge is 2.39. The SMILES string of the molecule is CC(C)(C)C(=O)N1CCCC1C(=O)N[C@H](Cc1ccc2ccccc2c1)C(=O)NCCCNCc1ccc(O)cc1. The number of phenols is 1. The smallest absolute Gasteiger partial charge is 0.243 e. The molecule has 1 heterocycles. The molecule has 0 saturated carbocycles. The molecule has 41 heavy (non-hydrogen) atoms. The molecule has 3 aromatic carbocycles. The fraction of sp³-hybridized carbons (Fsp3) is 0.424. The zero-order valence-corrected chi connectivity index (χ0v) is 24.3. The van der Waals surface area contributed by atoms with Gasteiger partial charge in [-0.05, 0) is 59.8 Å². The van der Waals surface area contributed by atoms with Crippen LogP contribution in [0, 0.1) is 5.41 Å². The van der Waals surface area contributed by atoms with Crippen LogP contribution >= 0.6 is 0 Å². The fourth-order valence-electron chi connectivity index (χ4n) is 5.19. The molecule has 3 aromatic rings. The van der Waals surface area contributed by atoms with Gasteiger partial charge in [-0.2, -0.15) is 0 Å². The fourth-order valence-corrected chi connectivity index (χ4v) is 5.19. The summed E-state index contributed by atoms with van der Waals surface area (Å²) in [6.07, 6.45) is 2.42. The molecule has 4 rings (SSSR count). The Morgan fingerprint density at radius 1 is 0.951 bits per heavy atom. The zero-order chi connectivity index (χ0) is 29.4. The van der Waals surface area contributed by atoms with Gasteiger partial charge in [-0.15, -0.1) is 0 Å². The van der Waals surface area contributed by atoms with Crippen molar-refractivity contribution in [2.24, 2.45) is 5.41 Å². The van der Waals surface area contributed by atoms with Crippen molar-refractivity contribution < 1.29 is 19.5 Å². The summed E-state index contributed by atoms with van der Waals surface area (Å²) in [6.45, 7) is 7.96. The first-order valence-corrected chi connectivity index (χ1v) is 14.5. The summed E-state index contributed by atoms with van der Waals surface area (Å²) < 4.78 is 0. The summed E-state index contributed by atoms with van der Waals surface area (Å²) in [5.74, 6) is -0.331. The van der Waals surface area contributed by atoms with E-state index in [1.54, 1.807) is 17.0 Å². The van der Waals surface area contributed by atoms with E-state index in [1.807, 2.05) is 69.3 Å². The first kappa shape index (κ1) is 30.1. The van der Waals surface area contributed by atoms with Crippen LogP contribution in [-0.2, 0) is 27.3 Å². The molecule has 8 heteroatoms. The number of fused-ring (bicyclic) bond motifs is 1. The van der Waals surface area contributed by atoms with E-state index in [0.717, 1.165) is 34.7 Å². The second kappa shape index (κ2) is 13.6. The maximum atomic E-state index is 13.5. The monoisotopic (exact) mass is 558 g/mol. The Bertz CT molecular complexity index is 1350. The van der Waals surface area contributed by atoms with Gasteiger partial charge in [0.25, 0.3) is 0 Å². The summed E-state index contributed by atoms with van der Waals surface area (Å²) in [5, 5.41) is 20.9. The molecule has 1 saturated heterocycles. The number of hydrogen-bond donors (Lipinski definition) is 4. The lowest BCUT2D eigenvalue weighted by atomic mass is 9.94. The summed E-state index contributed by atoms with van der Waals surface area (Å²) in [4.78, 5) is 41.5. The predicted molar refractivity (Wildman–Crippen MR) is 161 cm³/mol. The highest BCUT2D eigenvalue weighted by Crippen LogP contribution is 2.26. The molecule has 218 valence electrons. The topological polar surface area (TPSA) is 111 Å². The van der Waals surface area contributed by atoms with Gasteiger partial charge in [-0.25, -0.2) is 0 Å². The number of hydrogen-bond acceptors (Lipinski definition) is 5. The van der Waals surface area contributed by atoms with E-state index < -0.39 is 17.5 Å². The lowest BCUT2D eigenvalue weighted by molar-refractivity contribution is -0.145. The highest BCUT2D eigenvalue weighted by atomic mass is 16.3. The molecular weight excluding hydrogens is 516 g/mol. The molecule has 8 nitrogen and oxygen atoms in total. The van der Waals surface area contributed by atoms with Gasteiger partial charge in [0.1, 0.15) is 17.8 Å². The third-order valence-electron chi connectivity index (χ3n) is 7.44. The van der Waals surface area contributed by atoms with Gasteiger partial charge in [-0.3, -0.25) is 14.4 Å². The molecule has 3 amide bonds. The first-order chi connectivity index (χ1) is 19.6. The maximum Gasteiger partial charge on any atom is 0.243 e. The Kier molecular flexibility index (Phi) is 10.00. The molecule has 1 aliphatic rings. The number of amides is 3. The van der Waals surface area contributed by atoms with Gasteiger partial charge in [0.15, 0.2) is 0 Å². The largest absolute Gasteiger partial charge is 0.508 e. The first-order valence-electron chi connectivity index (χ1n) is 14.5. The summed E-state index contributed by atoms with van der Waals surface area (Å²) in [7, 11) is 0. The number of rotatable bonds is 11. The van der Waals surface area contributed by atoms with Crippen molar-refractivity contribution in [3.05, 3.63) is 77.9 Å². The van der Waals surface area contributed by atoms with E-state index in [1.165, 1.54) is 0 Å². The van der Waals surface area contributed by atoms with Gasteiger partial charge in [0.2, 0.25) is 17.7 Å². The van der Waals surface area contributed by atoms with Crippen LogP contribution in [0.4, 0.5) is 0 Å². The number of carbonyl (C=O) groups excluding carboxylic acids is 3. The molecule has 0 bridgehead atoms. The Balaban J connectivity index is 1.38. The number of carbonyl (C=O) groups is 3. The minimum Gasteiger partial charge on any atom is -0.508 e. The third-order valence-corrected chi connectivity index (χ3v) is 7.44. The van der Waals surface area contributed by atoms with E-state index in [4.69, 9.17) is 0 Å². The third kappa shape index (κ3) is 8.30. The summed E-state index contributed by atoms with van der Waals surface area (Å²) in [5.41, 5.74) is 1.44. The second-order valence-corrected chi connectivity index (χ2v) is 11.8. The molecule has 4 N–H and O–H groups in total. The standard InChI is InChI=1S/C33H42N4O4/c1-33(2,3)32(41)37-19-6-10-29(37)31(40)36-28(21-24-11-14-25-8-4-5-9-26(25)20-24)30(39)35-18-7-17-34-22-23-12-15-27(38)16-13-23/h4-5,8-9,11-16,20,28-29,34,38H,6-7,10,17-19,21-22H2,1-3H3,(H,35,39)(H,36,40)/t28-,29?/m1/s1. The second-order valence-electron chi connectivity index (χ2n) is 11.8. The van der Waals surface area contributed by atoms with E-state index >= 15 is 0 Å². The van der Waals surface area contributed by atoms with Gasteiger partial charge in [0.05, 0.1) is 0 Å². The van der Waals surface area contributed by atoms with Crippen molar-refractivity contribution in [1.82, 2.24) is 20.9 Å². The molecular formula is C33H42N4O4. The van der Waals surface area contributed by atoms with E-state index in [-0.39, 0.29) is 23.5 Å². The zero-order valence-electron chi connectivity index (χ0n) is 24.3. The molecule has 0 radical (unpaired) electrons. The lowest BCUT2D eigenvalue weighted by Crippen LogP contribution is -2.55. The normalized spacial score (nSPS) is 16.0. The molecule has 1 aliphatic heterocycles. The Hall–Kier alpha value is -3.91. The molecule has 0 aliphatic carbocycles. The quantitative estimate of drug-likeness (QED) is 0.267. The Morgan fingerprint density at radius 2 is 1.66 bits per heavy atom. The lowest BCUT2D eigenvalue weighted by Gasteiger charge is -2.31. The highest BCUT2D eigenvalue weighted by molar-refractivity contribution is 5.93. The van der Waals surface area contributed by atoms with Crippen LogP contribution in [0.1, 0.15) is 51.2 Å². The summed E-state index contributed by atoms with van der Waals surface area (Å²) >= 11 is 0. The van der Waals surface area contributed by atoms with Crippen LogP contribution in [0.3, 0.4) is 0 Å². The van der Waals surface area contributed by atoms with E-state index in [0.29, 0.717) is 39.0 Å². The van der Waals surface area contributed by atoms with Gasteiger partial charge >= 0.3 is 0 Å². The van der Waals surface area contributed by atoms with Gasteiger partial charge in [0, 0.05) is 31.5 Å². The number of nitrogens with zero attached hydrogens (tertiary/aromatic N) is 1. The van der Waals surface area contributed by atoms with Crippen LogP contribution < -0.4 is 16.0 Å². The minimum atomic E-state index is -0.763.